The number of thiocarbonyl (C=S) groups is 1. The average molecular weight is 482 g/mol. The molecule has 1 amide bonds. The zero-order valence-electron chi connectivity index (χ0n) is 17.6. The van der Waals surface area contributed by atoms with Gasteiger partial charge in [-0.15, -0.1) is 0 Å². The maximum Gasteiger partial charge on any atom is 0.245 e. The summed E-state index contributed by atoms with van der Waals surface area (Å²) in [6.45, 7) is 6.17. The lowest BCUT2D eigenvalue weighted by Gasteiger charge is -2.60. The lowest BCUT2D eigenvalue weighted by molar-refractivity contribution is -0.147. The zero-order chi connectivity index (χ0) is 23.5. The highest BCUT2D eigenvalue weighted by Crippen LogP contribution is 2.44. The number of likely N-dealkylation sites (tertiary alicyclic amines) is 2. The van der Waals surface area contributed by atoms with Gasteiger partial charge in [0.2, 0.25) is 5.91 Å². The number of nitrogens with zero attached hydrogens (tertiary/aromatic N) is 2. The van der Waals surface area contributed by atoms with Crippen LogP contribution in [-0.4, -0.2) is 52.0 Å². The number of amides is 1. The van der Waals surface area contributed by atoms with Crippen LogP contribution in [0.5, 0.6) is 5.75 Å². The van der Waals surface area contributed by atoms with Gasteiger partial charge in [-0.3, -0.25) is 4.79 Å². The maximum absolute atomic E-state index is 15.6. The van der Waals surface area contributed by atoms with Crippen molar-refractivity contribution >= 4 is 51.2 Å². The van der Waals surface area contributed by atoms with E-state index in [1.807, 2.05) is 29.2 Å². The molecular weight excluding hydrogens is 461 g/mol. The number of nitrogen functional groups attached to an aromatic ring is 1. The van der Waals surface area contributed by atoms with E-state index in [1.54, 1.807) is 17.0 Å². The fourth-order valence-corrected chi connectivity index (χ4v) is 5.48. The molecule has 3 aromatic carbocycles. The van der Waals surface area contributed by atoms with Gasteiger partial charge in [0.15, 0.2) is 5.82 Å². The van der Waals surface area contributed by atoms with Crippen molar-refractivity contribution in [2.24, 2.45) is 5.41 Å². The summed E-state index contributed by atoms with van der Waals surface area (Å²) < 4.78 is 15.6. The number of phenols is 1. The molecule has 5 nitrogen and oxygen atoms in total. The number of hydrogen-bond acceptors (Lipinski definition) is 4. The molecule has 3 aromatic rings. The number of carbonyl (C=O) groups excluding carboxylic acids is 1. The summed E-state index contributed by atoms with van der Waals surface area (Å²) >= 11 is 12.2. The Kier molecular flexibility index (Phi) is 5.06. The van der Waals surface area contributed by atoms with Gasteiger partial charge in [-0.1, -0.05) is 54.7 Å². The fourth-order valence-electron chi connectivity index (χ4n) is 4.89. The largest absolute Gasteiger partial charge is 0.508 e. The highest BCUT2D eigenvalue weighted by Gasteiger charge is 2.53. The normalized spacial score (nSPS) is 16.4. The van der Waals surface area contributed by atoms with E-state index >= 15 is 4.39 Å². The van der Waals surface area contributed by atoms with Gasteiger partial charge in [0, 0.05) is 42.7 Å². The molecule has 0 aliphatic carbocycles. The number of carbonyl (C=O) groups is 1. The lowest BCUT2D eigenvalue weighted by atomic mass is 9.72. The quantitative estimate of drug-likeness (QED) is 0.325. The molecule has 0 atom stereocenters. The Balaban J connectivity index is 1.44. The lowest BCUT2D eigenvalue weighted by Crippen LogP contribution is -2.73. The van der Waals surface area contributed by atoms with Crippen molar-refractivity contribution in [3.63, 3.8) is 0 Å². The van der Waals surface area contributed by atoms with Crippen LogP contribution in [0.15, 0.2) is 55.1 Å². The Morgan fingerprint density at radius 2 is 1.85 bits per heavy atom. The summed E-state index contributed by atoms with van der Waals surface area (Å²) in [5, 5.41) is 11.8. The summed E-state index contributed by atoms with van der Waals surface area (Å²) in [6, 6.07) is 12.0. The topological polar surface area (TPSA) is 69.8 Å². The molecule has 0 saturated carbocycles. The van der Waals surface area contributed by atoms with E-state index in [0.717, 1.165) is 10.8 Å². The highest BCUT2D eigenvalue weighted by molar-refractivity contribution is 7.80. The summed E-state index contributed by atoms with van der Waals surface area (Å²) in [5.41, 5.74) is 7.10. The first kappa shape index (κ1) is 21.7. The van der Waals surface area contributed by atoms with E-state index in [4.69, 9.17) is 29.6 Å². The second kappa shape index (κ2) is 7.71. The van der Waals surface area contributed by atoms with Crippen molar-refractivity contribution in [1.29, 1.82) is 0 Å². The third-order valence-corrected chi connectivity index (χ3v) is 7.26. The highest BCUT2D eigenvalue weighted by atomic mass is 35.5. The molecule has 0 radical (unpaired) electrons. The van der Waals surface area contributed by atoms with Crippen molar-refractivity contribution in [2.75, 3.05) is 31.9 Å². The molecule has 8 heteroatoms. The van der Waals surface area contributed by atoms with Crippen LogP contribution in [0.2, 0.25) is 5.02 Å². The van der Waals surface area contributed by atoms with Gasteiger partial charge in [-0.25, -0.2) is 4.39 Å². The molecule has 3 N–H and O–H groups in total. The Bertz CT molecular complexity index is 1350. The second-order valence-corrected chi connectivity index (χ2v) is 9.58. The van der Waals surface area contributed by atoms with Gasteiger partial charge in [-0.2, -0.15) is 0 Å². The van der Waals surface area contributed by atoms with Gasteiger partial charge in [0.05, 0.1) is 10.7 Å². The SMILES string of the molecule is C=CC(=O)N1CC2(C1)CN(C(=S)c1cc(Cl)c(-c3cc(O)cc4ccccc34)c(F)c1N)C2. The Labute approximate surface area is 200 Å². The Morgan fingerprint density at radius 3 is 2.55 bits per heavy atom. The van der Waals surface area contributed by atoms with Gasteiger partial charge in [-0.05, 0) is 40.6 Å². The van der Waals surface area contributed by atoms with Crippen LogP contribution in [-0.2, 0) is 4.79 Å². The van der Waals surface area contributed by atoms with Crippen LogP contribution in [0.1, 0.15) is 5.56 Å². The number of rotatable bonds is 3. The first-order chi connectivity index (χ1) is 15.7. The summed E-state index contributed by atoms with van der Waals surface area (Å²) in [4.78, 5) is 15.8. The molecule has 5 rings (SSSR count). The summed E-state index contributed by atoms with van der Waals surface area (Å²) in [5.74, 6) is -0.736. The van der Waals surface area contributed by atoms with Gasteiger partial charge < -0.3 is 20.6 Å². The molecule has 168 valence electrons. The minimum Gasteiger partial charge on any atom is -0.508 e. The smallest absolute Gasteiger partial charge is 0.245 e. The van der Waals surface area contributed by atoms with E-state index in [1.165, 1.54) is 12.1 Å². The predicted octanol–water partition coefficient (Wildman–Crippen LogP) is 4.59. The van der Waals surface area contributed by atoms with E-state index < -0.39 is 5.82 Å². The number of anilines is 1. The minimum absolute atomic E-state index is 0.00712. The molecule has 2 heterocycles. The van der Waals surface area contributed by atoms with Crippen LogP contribution in [0.4, 0.5) is 10.1 Å². The van der Waals surface area contributed by atoms with Crippen LogP contribution in [0.3, 0.4) is 0 Å². The van der Waals surface area contributed by atoms with Crippen molar-refractivity contribution in [1.82, 2.24) is 9.80 Å². The summed E-state index contributed by atoms with van der Waals surface area (Å²) in [6.07, 6.45) is 1.32. The minimum atomic E-state index is -0.669. The third-order valence-electron chi connectivity index (χ3n) is 6.48. The van der Waals surface area contributed by atoms with Crippen LogP contribution < -0.4 is 5.73 Å². The number of hydrogen-bond donors (Lipinski definition) is 2. The van der Waals surface area contributed by atoms with Crippen molar-refractivity contribution in [2.45, 2.75) is 0 Å². The molecule has 2 fully saturated rings. The number of phenolic OH excluding ortho intramolecular Hbond substituents is 1. The first-order valence-electron chi connectivity index (χ1n) is 10.4. The number of nitrogens with two attached hydrogens (primary N) is 1. The zero-order valence-corrected chi connectivity index (χ0v) is 19.2. The van der Waals surface area contributed by atoms with E-state index in [0.29, 0.717) is 42.3 Å². The molecule has 0 unspecified atom stereocenters. The van der Waals surface area contributed by atoms with Gasteiger partial charge >= 0.3 is 0 Å². The van der Waals surface area contributed by atoms with Crippen molar-refractivity contribution in [3.8, 4) is 16.9 Å². The molecule has 0 aromatic heterocycles. The number of benzene rings is 3. The molecule has 2 saturated heterocycles. The Morgan fingerprint density at radius 1 is 1.18 bits per heavy atom. The standard InChI is InChI=1S/C25H21ClFN3O2S/c1-2-20(32)29-10-25(11-29)12-30(13-25)24(33)18-9-19(26)21(22(27)23(18)28)17-8-15(31)7-14-5-3-4-6-16(14)17/h2-9,31H,1,10-13,28H2. The molecular formula is C25H21ClFN3O2S. The monoisotopic (exact) mass is 481 g/mol. The van der Waals surface area contributed by atoms with Crippen LogP contribution >= 0.6 is 23.8 Å². The van der Waals surface area contributed by atoms with E-state index in [-0.39, 0.29) is 33.3 Å². The van der Waals surface area contributed by atoms with Crippen molar-refractivity contribution in [3.05, 3.63) is 71.5 Å². The number of fused-ring (bicyclic) bond motifs is 1. The molecule has 2 aliphatic heterocycles. The average Bonchev–Trinajstić information content (AvgIpc) is 2.73. The van der Waals surface area contributed by atoms with Gasteiger partial charge in [0.25, 0.3) is 0 Å². The van der Waals surface area contributed by atoms with E-state index in [2.05, 4.69) is 6.58 Å². The first-order valence-corrected chi connectivity index (χ1v) is 11.2. The van der Waals surface area contributed by atoms with Crippen LogP contribution in [0.25, 0.3) is 21.9 Å². The van der Waals surface area contributed by atoms with E-state index in [9.17, 15) is 9.90 Å². The number of halogens is 2. The van der Waals surface area contributed by atoms with Gasteiger partial charge in [0.1, 0.15) is 10.7 Å². The van der Waals surface area contributed by atoms with Crippen molar-refractivity contribution < 1.29 is 14.3 Å². The third kappa shape index (κ3) is 3.43. The summed E-state index contributed by atoms with van der Waals surface area (Å²) in [7, 11) is 0. The maximum atomic E-state index is 15.6. The number of aromatic hydroxyl groups is 1. The van der Waals surface area contributed by atoms with Crippen LogP contribution in [0, 0.1) is 11.2 Å². The second-order valence-electron chi connectivity index (χ2n) is 8.78. The molecule has 1 spiro atoms. The molecule has 33 heavy (non-hydrogen) atoms. The predicted molar refractivity (Wildman–Crippen MR) is 133 cm³/mol. The molecule has 0 bridgehead atoms. The Hall–Kier alpha value is -3.16. The molecule has 2 aliphatic rings. The fraction of sp³-hybridized carbons (Fsp3) is 0.200.